The zero-order valence-electron chi connectivity index (χ0n) is 9.02. The number of halogens is 4. The predicted octanol–water partition coefficient (Wildman–Crippen LogP) is 3.48. The lowest BCUT2D eigenvalue weighted by atomic mass is 10.2. The van der Waals surface area contributed by atoms with Gasteiger partial charge in [-0.25, -0.2) is 0 Å². The van der Waals surface area contributed by atoms with Gasteiger partial charge in [0.15, 0.2) is 0 Å². The largest absolute Gasteiger partial charge is 0.506 e. The van der Waals surface area contributed by atoms with E-state index in [1.165, 1.54) is 0 Å². The molecule has 0 bridgehead atoms. The van der Waals surface area contributed by atoms with E-state index in [1.54, 1.807) is 18.2 Å². The van der Waals surface area contributed by atoms with Crippen molar-refractivity contribution >= 4 is 11.6 Å². The Morgan fingerprint density at radius 3 is 2.65 bits per heavy atom. The first kappa shape index (κ1) is 14.1. The van der Waals surface area contributed by atoms with Gasteiger partial charge in [0, 0.05) is 18.5 Å². The first-order chi connectivity index (χ1) is 7.90. The molecule has 1 aromatic rings. The van der Waals surface area contributed by atoms with Crippen LogP contribution in [0.5, 0.6) is 5.75 Å². The van der Waals surface area contributed by atoms with Crippen molar-refractivity contribution in [1.82, 2.24) is 5.32 Å². The molecule has 17 heavy (non-hydrogen) atoms. The van der Waals surface area contributed by atoms with E-state index in [4.69, 9.17) is 11.6 Å². The average molecular weight is 268 g/mol. The smallest absolute Gasteiger partial charge is 0.389 e. The highest BCUT2D eigenvalue weighted by molar-refractivity contribution is 6.32. The van der Waals surface area contributed by atoms with E-state index in [0.717, 1.165) is 0 Å². The molecule has 0 radical (unpaired) electrons. The summed E-state index contributed by atoms with van der Waals surface area (Å²) in [5.41, 5.74) is 0.574. The van der Waals surface area contributed by atoms with Gasteiger partial charge in [-0.2, -0.15) is 13.2 Å². The van der Waals surface area contributed by atoms with Crippen LogP contribution in [-0.4, -0.2) is 17.8 Å². The van der Waals surface area contributed by atoms with E-state index in [2.05, 4.69) is 5.32 Å². The summed E-state index contributed by atoms with van der Waals surface area (Å²) in [6.07, 6.45) is -4.90. The lowest BCUT2D eigenvalue weighted by Crippen LogP contribution is -2.17. The van der Waals surface area contributed by atoms with Gasteiger partial charge in [0.2, 0.25) is 0 Å². The molecule has 6 heteroatoms. The standard InChI is InChI=1S/C11H13ClF3NO/c12-9-4-1-3-8(10(9)17)7-16-6-2-5-11(13,14)15/h1,3-4,16-17H,2,5-7H2. The van der Waals surface area contributed by atoms with Gasteiger partial charge in [-0.15, -0.1) is 0 Å². The van der Waals surface area contributed by atoms with Crippen LogP contribution in [0.25, 0.3) is 0 Å². The predicted molar refractivity (Wildman–Crippen MR) is 60.1 cm³/mol. The molecule has 0 spiro atoms. The Labute approximate surface area is 102 Å². The van der Waals surface area contributed by atoms with Gasteiger partial charge in [0.1, 0.15) is 5.75 Å². The zero-order valence-corrected chi connectivity index (χ0v) is 9.78. The van der Waals surface area contributed by atoms with Crippen LogP contribution in [0.15, 0.2) is 18.2 Å². The minimum Gasteiger partial charge on any atom is -0.506 e. The molecule has 0 unspecified atom stereocenters. The number of hydrogen-bond donors (Lipinski definition) is 2. The highest BCUT2D eigenvalue weighted by atomic mass is 35.5. The molecule has 0 amide bonds. The van der Waals surface area contributed by atoms with Crippen molar-refractivity contribution in [1.29, 1.82) is 0 Å². The number of benzene rings is 1. The van der Waals surface area contributed by atoms with Crippen molar-refractivity contribution in [3.8, 4) is 5.75 Å². The quantitative estimate of drug-likeness (QED) is 0.801. The Kier molecular flexibility index (Phi) is 5.08. The van der Waals surface area contributed by atoms with E-state index in [9.17, 15) is 18.3 Å². The third-order valence-corrected chi connectivity index (χ3v) is 2.50. The number of alkyl halides is 3. The molecule has 0 saturated carbocycles. The highest BCUT2D eigenvalue weighted by Crippen LogP contribution is 2.26. The summed E-state index contributed by atoms with van der Waals surface area (Å²) in [7, 11) is 0. The summed E-state index contributed by atoms with van der Waals surface area (Å²) in [6.45, 7) is 0.537. The van der Waals surface area contributed by atoms with Crippen molar-refractivity contribution in [2.24, 2.45) is 0 Å². The second-order valence-corrected chi connectivity index (χ2v) is 4.05. The monoisotopic (exact) mass is 267 g/mol. The first-order valence-electron chi connectivity index (χ1n) is 5.14. The van der Waals surface area contributed by atoms with Crippen molar-refractivity contribution in [3.05, 3.63) is 28.8 Å². The number of rotatable bonds is 5. The second kappa shape index (κ2) is 6.12. The van der Waals surface area contributed by atoms with Crippen LogP contribution in [0.2, 0.25) is 5.02 Å². The number of aromatic hydroxyl groups is 1. The number of phenolic OH excluding ortho intramolecular Hbond substituents is 1. The summed E-state index contributed by atoms with van der Waals surface area (Å²) in [6, 6.07) is 4.89. The normalized spacial score (nSPS) is 11.8. The fourth-order valence-corrected chi connectivity index (χ4v) is 1.53. The average Bonchev–Trinajstić information content (AvgIpc) is 2.22. The molecule has 1 rings (SSSR count). The van der Waals surface area contributed by atoms with Crippen LogP contribution in [0, 0.1) is 0 Å². The van der Waals surface area contributed by atoms with Crippen molar-refractivity contribution in [2.75, 3.05) is 6.54 Å². The molecular formula is C11H13ClF3NO. The number of nitrogens with one attached hydrogen (secondary N) is 1. The Balaban J connectivity index is 2.29. The maximum absolute atomic E-state index is 11.8. The van der Waals surface area contributed by atoms with E-state index < -0.39 is 12.6 Å². The Hall–Kier alpha value is -0.940. The van der Waals surface area contributed by atoms with Gasteiger partial charge < -0.3 is 10.4 Å². The van der Waals surface area contributed by atoms with Crippen molar-refractivity contribution in [3.63, 3.8) is 0 Å². The summed E-state index contributed by atoms with van der Waals surface area (Å²) >= 11 is 5.69. The number of hydrogen-bond acceptors (Lipinski definition) is 2. The van der Waals surface area contributed by atoms with E-state index in [1.807, 2.05) is 0 Å². The minimum absolute atomic E-state index is 0.0187. The molecular weight excluding hydrogens is 255 g/mol. The van der Waals surface area contributed by atoms with Crippen LogP contribution in [-0.2, 0) is 6.54 Å². The van der Waals surface area contributed by atoms with Gasteiger partial charge in [-0.1, -0.05) is 23.7 Å². The molecule has 2 N–H and O–H groups in total. The Bertz CT molecular complexity index is 368. The summed E-state index contributed by atoms with van der Waals surface area (Å²) in [5.74, 6) is -0.0301. The van der Waals surface area contributed by atoms with Gasteiger partial charge >= 0.3 is 6.18 Å². The summed E-state index contributed by atoms with van der Waals surface area (Å²) in [4.78, 5) is 0. The zero-order chi connectivity index (χ0) is 12.9. The molecule has 0 atom stereocenters. The van der Waals surface area contributed by atoms with Crippen LogP contribution in [0.4, 0.5) is 13.2 Å². The van der Waals surface area contributed by atoms with Gasteiger partial charge in [0.05, 0.1) is 5.02 Å². The number of para-hydroxylation sites is 1. The van der Waals surface area contributed by atoms with Crippen molar-refractivity contribution in [2.45, 2.75) is 25.6 Å². The molecule has 0 aliphatic rings. The molecule has 0 aromatic heterocycles. The lowest BCUT2D eigenvalue weighted by Gasteiger charge is -2.09. The summed E-state index contributed by atoms with van der Waals surface area (Å²) in [5, 5.41) is 12.6. The lowest BCUT2D eigenvalue weighted by molar-refractivity contribution is -0.135. The molecule has 0 saturated heterocycles. The molecule has 0 heterocycles. The molecule has 1 aromatic carbocycles. The SMILES string of the molecule is Oc1c(Cl)cccc1CNCCCC(F)(F)F. The second-order valence-electron chi connectivity index (χ2n) is 3.64. The fraction of sp³-hybridized carbons (Fsp3) is 0.455. The Morgan fingerprint density at radius 2 is 2.00 bits per heavy atom. The fourth-order valence-electron chi connectivity index (χ4n) is 1.34. The van der Waals surface area contributed by atoms with Crippen LogP contribution in [0.3, 0.4) is 0 Å². The van der Waals surface area contributed by atoms with Gasteiger partial charge in [0.25, 0.3) is 0 Å². The summed E-state index contributed by atoms with van der Waals surface area (Å²) < 4.78 is 35.5. The van der Waals surface area contributed by atoms with E-state index >= 15 is 0 Å². The maximum Gasteiger partial charge on any atom is 0.389 e. The molecule has 2 nitrogen and oxygen atoms in total. The highest BCUT2D eigenvalue weighted by Gasteiger charge is 2.25. The minimum atomic E-state index is -4.11. The maximum atomic E-state index is 11.8. The number of phenols is 1. The molecule has 0 fully saturated rings. The first-order valence-corrected chi connectivity index (χ1v) is 5.52. The third kappa shape index (κ3) is 5.28. The third-order valence-electron chi connectivity index (χ3n) is 2.20. The molecule has 96 valence electrons. The van der Waals surface area contributed by atoms with Crippen LogP contribution >= 0.6 is 11.6 Å². The van der Waals surface area contributed by atoms with Gasteiger partial charge in [-0.3, -0.25) is 0 Å². The van der Waals surface area contributed by atoms with E-state index in [0.29, 0.717) is 12.1 Å². The Morgan fingerprint density at radius 1 is 1.29 bits per heavy atom. The van der Waals surface area contributed by atoms with E-state index in [-0.39, 0.29) is 23.7 Å². The van der Waals surface area contributed by atoms with Gasteiger partial charge in [-0.05, 0) is 19.0 Å². The van der Waals surface area contributed by atoms with Crippen LogP contribution < -0.4 is 5.32 Å². The van der Waals surface area contributed by atoms with Crippen molar-refractivity contribution < 1.29 is 18.3 Å². The molecule has 0 aliphatic carbocycles. The van der Waals surface area contributed by atoms with Crippen LogP contribution in [0.1, 0.15) is 18.4 Å². The molecule has 0 aliphatic heterocycles. The topological polar surface area (TPSA) is 32.3 Å².